The van der Waals surface area contributed by atoms with Gasteiger partial charge in [-0.15, -0.1) is 11.3 Å². The molecular formula is C20H21NO4S. The highest BCUT2D eigenvalue weighted by Crippen LogP contribution is 2.39. The van der Waals surface area contributed by atoms with Gasteiger partial charge in [0.2, 0.25) is 5.91 Å². The fourth-order valence-corrected chi connectivity index (χ4v) is 4.23. The molecule has 1 N–H and O–H groups in total. The van der Waals surface area contributed by atoms with Crippen molar-refractivity contribution in [1.82, 2.24) is 0 Å². The van der Waals surface area contributed by atoms with E-state index in [-0.39, 0.29) is 11.9 Å². The molecule has 26 heavy (non-hydrogen) atoms. The fraction of sp³-hybridized carbons (Fsp3) is 0.300. The monoisotopic (exact) mass is 371 g/mol. The lowest BCUT2D eigenvalue weighted by Crippen LogP contribution is -2.13. The number of nitrogens with one attached hydrogen (secondary N) is 1. The lowest BCUT2D eigenvalue weighted by Gasteiger charge is -2.06. The number of thiophene rings is 1. The molecule has 1 aliphatic rings. The fourth-order valence-electron chi connectivity index (χ4n) is 2.95. The average Bonchev–Trinajstić information content (AvgIpc) is 3.21. The number of fused-ring (bicyclic) bond motifs is 1. The summed E-state index contributed by atoms with van der Waals surface area (Å²) < 4.78 is 10.3. The molecule has 5 nitrogen and oxygen atoms in total. The quantitative estimate of drug-likeness (QED) is 0.614. The maximum atomic E-state index is 12.3. The minimum absolute atomic E-state index is 0.272. The van der Waals surface area contributed by atoms with E-state index in [0.717, 1.165) is 36.1 Å². The number of benzene rings is 1. The molecule has 2 aromatic rings. The number of anilines is 1. The molecule has 1 amide bonds. The molecule has 1 aromatic carbocycles. The van der Waals surface area contributed by atoms with Crippen molar-refractivity contribution in [3.63, 3.8) is 0 Å². The first kappa shape index (κ1) is 18.2. The van der Waals surface area contributed by atoms with Crippen molar-refractivity contribution in [1.29, 1.82) is 0 Å². The van der Waals surface area contributed by atoms with Crippen molar-refractivity contribution in [3.8, 4) is 5.75 Å². The third-order valence-corrected chi connectivity index (χ3v) is 5.39. The molecule has 0 radical (unpaired) electrons. The number of esters is 1. The van der Waals surface area contributed by atoms with Crippen LogP contribution in [0.5, 0.6) is 5.75 Å². The van der Waals surface area contributed by atoms with E-state index in [1.54, 1.807) is 20.1 Å². The summed E-state index contributed by atoms with van der Waals surface area (Å²) in [7, 11) is 1.61. The number of carbonyl (C=O) groups excluding carboxylic acids is 2. The van der Waals surface area contributed by atoms with Crippen molar-refractivity contribution in [2.24, 2.45) is 0 Å². The van der Waals surface area contributed by atoms with Gasteiger partial charge in [0, 0.05) is 11.0 Å². The Hall–Kier alpha value is -2.60. The predicted octanol–water partition coefficient (Wildman–Crippen LogP) is 4.07. The first-order valence-electron chi connectivity index (χ1n) is 8.57. The maximum Gasteiger partial charge on any atom is 0.341 e. The highest BCUT2D eigenvalue weighted by atomic mass is 32.1. The molecule has 0 spiro atoms. The molecule has 1 heterocycles. The van der Waals surface area contributed by atoms with E-state index in [4.69, 9.17) is 9.47 Å². The topological polar surface area (TPSA) is 64.6 Å². The molecule has 0 fully saturated rings. The van der Waals surface area contributed by atoms with E-state index in [9.17, 15) is 9.59 Å². The third-order valence-electron chi connectivity index (χ3n) is 4.18. The Morgan fingerprint density at radius 3 is 2.69 bits per heavy atom. The van der Waals surface area contributed by atoms with Crippen LogP contribution in [0.3, 0.4) is 0 Å². The highest BCUT2D eigenvalue weighted by molar-refractivity contribution is 7.17. The molecule has 0 unspecified atom stereocenters. The molecule has 3 rings (SSSR count). The minimum Gasteiger partial charge on any atom is -0.497 e. The molecule has 6 heteroatoms. The molecular weight excluding hydrogens is 350 g/mol. The number of methoxy groups -OCH3 is 1. The summed E-state index contributed by atoms with van der Waals surface area (Å²) in [6.07, 6.45) is 6.03. The molecule has 0 saturated carbocycles. The van der Waals surface area contributed by atoms with Gasteiger partial charge in [-0.3, -0.25) is 4.79 Å². The summed E-state index contributed by atoms with van der Waals surface area (Å²) in [5, 5.41) is 3.42. The van der Waals surface area contributed by atoms with Crippen LogP contribution in [0.25, 0.3) is 6.08 Å². The predicted molar refractivity (Wildman–Crippen MR) is 103 cm³/mol. The van der Waals surface area contributed by atoms with Gasteiger partial charge in [-0.25, -0.2) is 4.79 Å². The Kier molecular flexibility index (Phi) is 5.73. The van der Waals surface area contributed by atoms with E-state index in [0.29, 0.717) is 17.2 Å². The highest BCUT2D eigenvalue weighted by Gasteiger charge is 2.27. The Balaban J connectivity index is 1.74. The van der Waals surface area contributed by atoms with Crippen LogP contribution >= 0.6 is 11.3 Å². The van der Waals surface area contributed by atoms with Crippen LogP contribution in [0.1, 0.15) is 39.7 Å². The van der Waals surface area contributed by atoms with E-state index >= 15 is 0 Å². The molecule has 0 bridgehead atoms. The van der Waals surface area contributed by atoms with Gasteiger partial charge >= 0.3 is 5.97 Å². The number of rotatable bonds is 6. The second-order valence-electron chi connectivity index (χ2n) is 5.88. The normalized spacial score (nSPS) is 12.8. The summed E-state index contributed by atoms with van der Waals surface area (Å²) in [6.45, 7) is 2.09. The average molecular weight is 371 g/mol. The van der Waals surface area contributed by atoms with Crippen molar-refractivity contribution >= 4 is 34.3 Å². The Morgan fingerprint density at radius 2 is 2.00 bits per heavy atom. The van der Waals surface area contributed by atoms with Crippen molar-refractivity contribution < 1.29 is 19.1 Å². The van der Waals surface area contributed by atoms with Gasteiger partial charge in [0.25, 0.3) is 0 Å². The second-order valence-corrected chi connectivity index (χ2v) is 6.98. The van der Waals surface area contributed by atoms with E-state index in [1.807, 2.05) is 24.3 Å². The summed E-state index contributed by atoms with van der Waals surface area (Å²) in [4.78, 5) is 25.8. The number of aryl methyl sites for hydroxylation is 1. The number of carbonyl (C=O) groups is 2. The van der Waals surface area contributed by atoms with Gasteiger partial charge in [-0.05, 0) is 55.5 Å². The minimum atomic E-state index is -0.360. The van der Waals surface area contributed by atoms with Crippen molar-refractivity contribution in [2.75, 3.05) is 19.0 Å². The standard InChI is InChI=1S/C20H21NO4S/c1-3-25-20(23)18-15-5-4-6-16(15)26-19(18)21-17(22)12-9-13-7-10-14(24-2)11-8-13/h7-12H,3-6H2,1-2H3,(H,21,22)/b12-9+. The smallest absolute Gasteiger partial charge is 0.341 e. The Bertz CT molecular complexity index is 836. The third kappa shape index (κ3) is 3.96. The van der Waals surface area contributed by atoms with Gasteiger partial charge in [-0.2, -0.15) is 0 Å². The van der Waals surface area contributed by atoms with E-state index in [2.05, 4.69) is 5.32 Å². The van der Waals surface area contributed by atoms with Gasteiger partial charge in [-0.1, -0.05) is 12.1 Å². The Morgan fingerprint density at radius 1 is 1.23 bits per heavy atom. The summed E-state index contributed by atoms with van der Waals surface area (Å²) in [5.41, 5.74) is 2.44. The number of ether oxygens (including phenoxy) is 2. The first-order valence-corrected chi connectivity index (χ1v) is 9.38. The molecule has 1 aromatic heterocycles. The van der Waals surface area contributed by atoms with Crippen LogP contribution in [0.4, 0.5) is 5.00 Å². The lowest BCUT2D eigenvalue weighted by molar-refractivity contribution is -0.111. The number of amides is 1. The van der Waals surface area contributed by atoms with Gasteiger partial charge < -0.3 is 14.8 Å². The van der Waals surface area contributed by atoms with E-state index in [1.165, 1.54) is 22.3 Å². The van der Waals surface area contributed by atoms with Crippen molar-refractivity contribution in [2.45, 2.75) is 26.2 Å². The van der Waals surface area contributed by atoms with Gasteiger partial charge in [0.1, 0.15) is 10.8 Å². The van der Waals surface area contributed by atoms with Crippen LogP contribution in [0.2, 0.25) is 0 Å². The van der Waals surface area contributed by atoms with E-state index < -0.39 is 0 Å². The molecule has 0 atom stereocenters. The van der Waals surface area contributed by atoms with Gasteiger partial charge in [0.15, 0.2) is 0 Å². The summed E-state index contributed by atoms with van der Waals surface area (Å²) >= 11 is 1.47. The summed E-state index contributed by atoms with van der Waals surface area (Å²) in [5.74, 6) is 0.131. The molecule has 0 saturated heterocycles. The molecule has 1 aliphatic carbocycles. The van der Waals surface area contributed by atoms with Crippen LogP contribution in [0, 0.1) is 0 Å². The largest absolute Gasteiger partial charge is 0.497 e. The number of hydrogen-bond donors (Lipinski definition) is 1. The van der Waals surface area contributed by atoms with Crippen LogP contribution in [0.15, 0.2) is 30.3 Å². The Labute approximate surface area is 156 Å². The summed E-state index contributed by atoms with van der Waals surface area (Å²) in [6, 6.07) is 7.40. The molecule has 0 aliphatic heterocycles. The first-order chi connectivity index (χ1) is 12.6. The zero-order valence-corrected chi connectivity index (χ0v) is 15.7. The van der Waals surface area contributed by atoms with Crippen LogP contribution in [-0.4, -0.2) is 25.6 Å². The van der Waals surface area contributed by atoms with Gasteiger partial charge in [0.05, 0.1) is 19.3 Å². The van der Waals surface area contributed by atoms with Crippen LogP contribution < -0.4 is 10.1 Å². The second kappa shape index (κ2) is 8.19. The maximum absolute atomic E-state index is 12.3. The SMILES string of the molecule is CCOC(=O)c1c(NC(=O)/C=C/c2ccc(OC)cc2)sc2c1CCC2. The number of hydrogen-bond acceptors (Lipinski definition) is 5. The molecule has 136 valence electrons. The van der Waals surface area contributed by atoms with Crippen molar-refractivity contribution in [3.05, 3.63) is 51.9 Å². The lowest BCUT2D eigenvalue weighted by atomic mass is 10.1. The van der Waals surface area contributed by atoms with Crippen LogP contribution in [-0.2, 0) is 22.4 Å². The zero-order chi connectivity index (χ0) is 18.5. The zero-order valence-electron chi connectivity index (χ0n) is 14.8.